The number of carbonyl (C=O) groups excluding carboxylic acids is 1. The van der Waals surface area contributed by atoms with Crippen molar-refractivity contribution in [1.82, 2.24) is 14.9 Å². The molecule has 1 aromatic heterocycles. The lowest BCUT2D eigenvalue weighted by Crippen LogP contribution is -2.43. The van der Waals surface area contributed by atoms with E-state index in [1.807, 2.05) is 36.1 Å². The number of carbonyl (C=O) groups is 1. The van der Waals surface area contributed by atoms with E-state index < -0.39 is 0 Å². The quantitative estimate of drug-likeness (QED) is 0.935. The third-order valence-corrected chi connectivity index (χ3v) is 3.96. The molecule has 0 spiro atoms. The zero-order valence-electron chi connectivity index (χ0n) is 13.4. The van der Waals surface area contributed by atoms with Crippen molar-refractivity contribution >= 4 is 5.91 Å². The van der Waals surface area contributed by atoms with Gasteiger partial charge in [-0.25, -0.2) is 4.98 Å². The molecule has 1 aromatic carbocycles. The Hall–Kier alpha value is -2.34. The first-order valence-electron chi connectivity index (χ1n) is 7.69. The number of rotatable bonds is 4. The molecule has 0 unspecified atom stereocenters. The highest BCUT2D eigenvalue weighted by Gasteiger charge is 2.27. The summed E-state index contributed by atoms with van der Waals surface area (Å²) in [4.78, 5) is 21.8. The first-order valence-corrected chi connectivity index (χ1v) is 7.69. The van der Waals surface area contributed by atoms with Gasteiger partial charge in [0, 0.05) is 18.4 Å². The van der Waals surface area contributed by atoms with Crippen molar-refractivity contribution in [2.45, 2.75) is 19.4 Å². The van der Waals surface area contributed by atoms with Gasteiger partial charge in [-0.2, -0.15) is 0 Å². The van der Waals surface area contributed by atoms with E-state index in [1.165, 1.54) is 0 Å². The minimum atomic E-state index is -0.183. The maximum atomic E-state index is 12.5. The maximum Gasteiger partial charge on any atom is 0.227 e. The lowest BCUT2D eigenvalue weighted by Gasteiger charge is -2.32. The highest BCUT2D eigenvalue weighted by molar-refractivity contribution is 5.79. The number of amides is 1. The molecule has 0 bridgehead atoms. The number of aromatic nitrogens is 2. The lowest BCUT2D eigenvalue weighted by molar-refractivity contribution is -0.138. The standard InChI is InChI=1S/C17H21N3O3/c1-12-10-18-17(19-12)15-11-20(7-8-23-15)16(21)9-13-3-5-14(22-2)6-4-13/h3-6,10,15H,7-9,11H2,1-2H3,(H,18,19)/t15-/m1/s1. The van der Waals surface area contributed by atoms with Gasteiger partial charge in [-0.15, -0.1) is 0 Å². The lowest BCUT2D eigenvalue weighted by atomic mass is 10.1. The smallest absolute Gasteiger partial charge is 0.227 e. The van der Waals surface area contributed by atoms with Crippen LogP contribution in [0.1, 0.15) is 23.2 Å². The van der Waals surface area contributed by atoms with E-state index in [4.69, 9.17) is 9.47 Å². The van der Waals surface area contributed by atoms with Crippen LogP contribution in [-0.2, 0) is 16.0 Å². The normalized spacial score (nSPS) is 18.0. The monoisotopic (exact) mass is 315 g/mol. The minimum absolute atomic E-state index is 0.103. The highest BCUT2D eigenvalue weighted by Crippen LogP contribution is 2.20. The number of aromatic amines is 1. The van der Waals surface area contributed by atoms with E-state index >= 15 is 0 Å². The van der Waals surface area contributed by atoms with Crippen molar-refractivity contribution in [2.24, 2.45) is 0 Å². The van der Waals surface area contributed by atoms with Gasteiger partial charge in [0.2, 0.25) is 5.91 Å². The first kappa shape index (κ1) is 15.6. The van der Waals surface area contributed by atoms with Gasteiger partial charge >= 0.3 is 0 Å². The molecule has 1 aliphatic rings. The number of morpholine rings is 1. The van der Waals surface area contributed by atoms with Gasteiger partial charge < -0.3 is 19.4 Å². The second-order valence-corrected chi connectivity index (χ2v) is 5.68. The molecule has 6 heteroatoms. The largest absolute Gasteiger partial charge is 0.497 e. The summed E-state index contributed by atoms with van der Waals surface area (Å²) in [6.45, 7) is 3.62. The fourth-order valence-corrected chi connectivity index (χ4v) is 2.67. The molecular formula is C17H21N3O3. The summed E-state index contributed by atoms with van der Waals surface area (Å²) in [6.07, 6.45) is 1.97. The number of aryl methyl sites for hydroxylation is 1. The molecule has 122 valence electrons. The van der Waals surface area contributed by atoms with Crippen LogP contribution in [0, 0.1) is 6.92 Å². The number of H-pyrrole nitrogens is 1. The molecule has 2 heterocycles. The molecule has 2 aromatic rings. The average molecular weight is 315 g/mol. The second kappa shape index (κ2) is 6.83. The molecule has 1 aliphatic heterocycles. The number of methoxy groups -OCH3 is 1. The van der Waals surface area contributed by atoms with E-state index in [0.29, 0.717) is 26.1 Å². The van der Waals surface area contributed by atoms with Crippen LogP contribution in [0.15, 0.2) is 30.5 Å². The summed E-state index contributed by atoms with van der Waals surface area (Å²) >= 11 is 0. The second-order valence-electron chi connectivity index (χ2n) is 5.68. The summed E-state index contributed by atoms with van der Waals surface area (Å²) in [5.74, 6) is 1.68. The van der Waals surface area contributed by atoms with Crippen LogP contribution in [-0.4, -0.2) is 47.6 Å². The van der Waals surface area contributed by atoms with Crippen LogP contribution in [0.25, 0.3) is 0 Å². The molecule has 1 amide bonds. The van der Waals surface area contributed by atoms with Gasteiger partial charge in [-0.3, -0.25) is 4.79 Å². The Balaban J connectivity index is 1.62. The van der Waals surface area contributed by atoms with Crippen LogP contribution in [0.3, 0.4) is 0 Å². The average Bonchev–Trinajstić information content (AvgIpc) is 3.02. The van der Waals surface area contributed by atoms with Gasteiger partial charge in [-0.05, 0) is 24.6 Å². The predicted octanol–water partition coefficient (Wildman–Crippen LogP) is 1.87. The summed E-state index contributed by atoms with van der Waals surface area (Å²) in [5, 5.41) is 0. The van der Waals surface area contributed by atoms with E-state index in [9.17, 15) is 4.79 Å². The number of imidazole rings is 1. The van der Waals surface area contributed by atoms with Crippen LogP contribution >= 0.6 is 0 Å². The Morgan fingerprint density at radius 2 is 2.22 bits per heavy atom. The van der Waals surface area contributed by atoms with Crippen LogP contribution in [0.2, 0.25) is 0 Å². The van der Waals surface area contributed by atoms with Gasteiger partial charge in [0.05, 0.1) is 26.7 Å². The van der Waals surface area contributed by atoms with E-state index in [0.717, 1.165) is 22.8 Å². The number of nitrogens with one attached hydrogen (secondary N) is 1. The zero-order valence-corrected chi connectivity index (χ0v) is 13.4. The SMILES string of the molecule is COc1ccc(CC(=O)N2CCO[C@@H](c3ncc(C)[nH]3)C2)cc1. The van der Waals surface area contributed by atoms with Crippen molar-refractivity contribution in [1.29, 1.82) is 0 Å². The number of hydrogen-bond donors (Lipinski definition) is 1. The summed E-state index contributed by atoms with van der Waals surface area (Å²) in [6, 6.07) is 7.59. The van der Waals surface area contributed by atoms with Crippen molar-refractivity contribution < 1.29 is 14.3 Å². The molecular weight excluding hydrogens is 294 g/mol. The molecule has 6 nitrogen and oxygen atoms in total. The summed E-state index contributed by atoms with van der Waals surface area (Å²) < 4.78 is 10.9. The zero-order chi connectivity index (χ0) is 16.2. The molecule has 0 aliphatic carbocycles. The molecule has 1 saturated heterocycles. The Morgan fingerprint density at radius 3 is 2.87 bits per heavy atom. The summed E-state index contributed by atoms with van der Waals surface area (Å²) in [5.41, 5.74) is 1.97. The Bertz CT molecular complexity index is 666. The number of hydrogen-bond acceptors (Lipinski definition) is 4. The van der Waals surface area contributed by atoms with Crippen molar-refractivity contribution in [2.75, 3.05) is 26.8 Å². The molecule has 1 atom stereocenters. The predicted molar refractivity (Wildman–Crippen MR) is 85.3 cm³/mol. The van der Waals surface area contributed by atoms with E-state index in [2.05, 4.69) is 9.97 Å². The van der Waals surface area contributed by atoms with Gasteiger partial charge in [0.25, 0.3) is 0 Å². The molecule has 3 rings (SSSR count). The molecule has 0 saturated carbocycles. The summed E-state index contributed by atoms with van der Waals surface area (Å²) in [7, 11) is 1.63. The number of nitrogens with zero attached hydrogens (tertiary/aromatic N) is 2. The Kier molecular flexibility index (Phi) is 4.62. The molecule has 23 heavy (non-hydrogen) atoms. The Labute approximate surface area is 135 Å². The maximum absolute atomic E-state index is 12.5. The van der Waals surface area contributed by atoms with Crippen LogP contribution in [0.4, 0.5) is 0 Å². The molecule has 1 N–H and O–H groups in total. The van der Waals surface area contributed by atoms with Gasteiger partial charge in [-0.1, -0.05) is 12.1 Å². The first-order chi connectivity index (χ1) is 11.2. The number of benzene rings is 1. The minimum Gasteiger partial charge on any atom is -0.497 e. The fraction of sp³-hybridized carbons (Fsp3) is 0.412. The van der Waals surface area contributed by atoms with Crippen molar-refractivity contribution in [3.8, 4) is 5.75 Å². The molecule has 0 radical (unpaired) electrons. The van der Waals surface area contributed by atoms with Crippen molar-refractivity contribution in [3.63, 3.8) is 0 Å². The van der Waals surface area contributed by atoms with E-state index in [-0.39, 0.29) is 12.0 Å². The third kappa shape index (κ3) is 3.71. The van der Waals surface area contributed by atoms with Crippen molar-refractivity contribution in [3.05, 3.63) is 47.5 Å². The van der Waals surface area contributed by atoms with E-state index in [1.54, 1.807) is 13.3 Å². The third-order valence-electron chi connectivity index (χ3n) is 3.96. The highest BCUT2D eigenvalue weighted by atomic mass is 16.5. The van der Waals surface area contributed by atoms with Gasteiger partial charge in [0.15, 0.2) is 0 Å². The molecule has 1 fully saturated rings. The van der Waals surface area contributed by atoms with Gasteiger partial charge in [0.1, 0.15) is 17.7 Å². The Morgan fingerprint density at radius 1 is 1.43 bits per heavy atom. The van der Waals surface area contributed by atoms with Crippen LogP contribution < -0.4 is 4.74 Å². The van der Waals surface area contributed by atoms with Crippen LogP contribution in [0.5, 0.6) is 5.75 Å². The number of ether oxygens (including phenoxy) is 2. The fourth-order valence-electron chi connectivity index (χ4n) is 2.67. The topological polar surface area (TPSA) is 67.4 Å².